The molecule has 1 unspecified atom stereocenters. The quantitative estimate of drug-likeness (QED) is 0.539. The normalized spacial score (nSPS) is 17.0. The number of carbonyl (C=O) groups excluding carboxylic acids is 3. The van der Waals surface area contributed by atoms with Gasteiger partial charge in [0.05, 0.1) is 0 Å². The predicted molar refractivity (Wildman–Crippen MR) is 142 cm³/mol. The van der Waals surface area contributed by atoms with E-state index in [0.29, 0.717) is 55.6 Å². The van der Waals surface area contributed by atoms with Gasteiger partial charge in [-0.15, -0.1) is 0 Å². The topological polar surface area (TPSA) is 81.8 Å². The molecule has 0 spiro atoms. The molecule has 0 aromatic heterocycles. The van der Waals surface area contributed by atoms with E-state index in [1.165, 1.54) is 25.7 Å². The van der Waals surface area contributed by atoms with Crippen LogP contribution in [0.4, 0.5) is 10.5 Å². The van der Waals surface area contributed by atoms with Crippen LogP contribution < -0.4 is 10.6 Å². The molecule has 1 saturated heterocycles. The van der Waals surface area contributed by atoms with E-state index in [4.69, 9.17) is 11.6 Å². The van der Waals surface area contributed by atoms with Crippen LogP contribution in [0.2, 0.25) is 5.02 Å². The lowest BCUT2D eigenvalue weighted by atomic mass is 10.0. The molecule has 2 fully saturated rings. The summed E-state index contributed by atoms with van der Waals surface area (Å²) in [6, 6.07) is 15.3. The minimum atomic E-state index is -0.718. The van der Waals surface area contributed by atoms with Crippen LogP contribution >= 0.6 is 11.6 Å². The van der Waals surface area contributed by atoms with Crippen LogP contribution in [-0.2, 0) is 16.0 Å². The number of benzene rings is 2. The second-order valence-corrected chi connectivity index (χ2v) is 10.2. The van der Waals surface area contributed by atoms with Crippen LogP contribution in [-0.4, -0.2) is 59.9 Å². The fourth-order valence-electron chi connectivity index (χ4n) is 5.09. The van der Waals surface area contributed by atoms with Crippen molar-refractivity contribution in [2.75, 3.05) is 31.5 Å². The Morgan fingerprint density at radius 3 is 2.19 bits per heavy atom. The molecule has 4 rings (SSSR count). The van der Waals surface area contributed by atoms with Gasteiger partial charge in [-0.2, -0.15) is 0 Å². The van der Waals surface area contributed by atoms with E-state index in [9.17, 15) is 14.4 Å². The number of piperazine rings is 1. The van der Waals surface area contributed by atoms with Gasteiger partial charge in [0, 0.05) is 49.7 Å². The Hall–Kier alpha value is -3.06. The summed E-state index contributed by atoms with van der Waals surface area (Å²) in [5.74, 6) is 0.749. The van der Waals surface area contributed by atoms with Crippen molar-refractivity contribution in [2.45, 2.75) is 51.0 Å². The van der Waals surface area contributed by atoms with E-state index in [1.54, 1.807) is 29.2 Å². The molecule has 2 aliphatic rings. The number of nitrogens with one attached hydrogen (secondary N) is 2. The number of halogens is 1. The first kappa shape index (κ1) is 26.0. The lowest BCUT2D eigenvalue weighted by Gasteiger charge is -2.36. The molecule has 1 saturated carbocycles. The van der Waals surface area contributed by atoms with Crippen molar-refractivity contribution in [3.63, 3.8) is 0 Å². The number of anilines is 1. The highest BCUT2D eigenvalue weighted by Gasteiger charge is 2.30. The Bertz CT molecular complexity index is 1020. The highest BCUT2D eigenvalue weighted by molar-refractivity contribution is 6.30. The average Bonchev–Trinajstić information content (AvgIpc) is 3.42. The summed E-state index contributed by atoms with van der Waals surface area (Å²) >= 11 is 5.92. The molecule has 7 nitrogen and oxygen atoms in total. The highest BCUT2D eigenvalue weighted by Crippen LogP contribution is 2.28. The fraction of sp³-hybridized carbons (Fsp3) is 0.464. The van der Waals surface area contributed by atoms with Crippen LogP contribution in [0, 0.1) is 5.92 Å². The Balaban J connectivity index is 1.33. The Morgan fingerprint density at radius 1 is 0.889 bits per heavy atom. The molecule has 2 aromatic carbocycles. The molecule has 0 bridgehead atoms. The van der Waals surface area contributed by atoms with E-state index < -0.39 is 12.1 Å². The van der Waals surface area contributed by atoms with Crippen molar-refractivity contribution in [1.29, 1.82) is 0 Å². The van der Waals surface area contributed by atoms with Crippen LogP contribution in [0.15, 0.2) is 54.6 Å². The first-order chi connectivity index (χ1) is 17.5. The first-order valence-corrected chi connectivity index (χ1v) is 13.3. The highest BCUT2D eigenvalue weighted by atomic mass is 35.5. The Labute approximate surface area is 218 Å². The Morgan fingerprint density at radius 2 is 1.53 bits per heavy atom. The summed E-state index contributed by atoms with van der Waals surface area (Å²) in [6.45, 7) is 2.01. The van der Waals surface area contributed by atoms with E-state index in [2.05, 4.69) is 10.6 Å². The van der Waals surface area contributed by atoms with Gasteiger partial charge in [-0.05, 0) is 42.2 Å². The zero-order chi connectivity index (χ0) is 25.3. The van der Waals surface area contributed by atoms with Crippen molar-refractivity contribution in [3.8, 4) is 0 Å². The summed E-state index contributed by atoms with van der Waals surface area (Å²) in [6.07, 6.45) is 7.03. The molecule has 4 amide bonds. The maximum atomic E-state index is 13.5. The zero-order valence-electron chi connectivity index (χ0n) is 20.6. The molecular formula is C28H35ClN4O3. The molecule has 1 aliphatic heterocycles. The van der Waals surface area contributed by atoms with E-state index >= 15 is 0 Å². The van der Waals surface area contributed by atoms with E-state index in [-0.39, 0.29) is 11.8 Å². The third-order valence-electron chi connectivity index (χ3n) is 7.17. The van der Waals surface area contributed by atoms with Gasteiger partial charge in [-0.1, -0.05) is 67.6 Å². The summed E-state index contributed by atoms with van der Waals surface area (Å²) in [7, 11) is 0. The summed E-state index contributed by atoms with van der Waals surface area (Å²) in [5, 5.41) is 6.20. The van der Waals surface area contributed by atoms with E-state index in [1.807, 2.05) is 35.2 Å². The molecule has 1 atom stereocenters. The van der Waals surface area contributed by atoms with Gasteiger partial charge >= 0.3 is 6.03 Å². The van der Waals surface area contributed by atoms with Crippen molar-refractivity contribution in [2.24, 2.45) is 5.92 Å². The van der Waals surface area contributed by atoms with Crippen molar-refractivity contribution in [3.05, 3.63) is 65.2 Å². The standard InChI is InChI=1S/C28H35ClN4O3/c29-23-11-13-24(14-12-23)30-28(36)31-25(20-22-8-2-1-3-9-22)27(35)33-18-16-32(17-19-33)26(34)15-10-21-6-4-5-7-21/h1-3,8-9,11-14,21,25H,4-7,10,15-20H2,(H2,30,31,36). The lowest BCUT2D eigenvalue weighted by molar-refractivity contribution is -0.140. The number of urea groups is 1. The van der Waals surface area contributed by atoms with Crippen molar-refractivity contribution < 1.29 is 14.4 Å². The SMILES string of the molecule is O=C(Nc1ccc(Cl)cc1)NC(Cc1ccccc1)C(=O)N1CCN(C(=O)CCC2CCCC2)CC1. The van der Waals surface area contributed by atoms with Crippen molar-refractivity contribution >= 4 is 35.1 Å². The zero-order valence-corrected chi connectivity index (χ0v) is 21.4. The minimum absolute atomic E-state index is 0.136. The first-order valence-electron chi connectivity index (χ1n) is 12.9. The van der Waals surface area contributed by atoms with Gasteiger partial charge in [0.25, 0.3) is 0 Å². The van der Waals surface area contributed by atoms with Crippen LogP contribution in [0.25, 0.3) is 0 Å². The molecule has 36 heavy (non-hydrogen) atoms. The van der Waals surface area contributed by atoms with Gasteiger partial charge in [0.2, 0.25) is 11.8 Å². The summed E-state index contributed by atoms with van der Waals surface area (Å²) < 4.78 is 0. The number of rotatable bonds is 8. The molecule has 0 radical (unpaired) electrons. The molecule has 1 aliphatic carbocycles. The number of hydrogen-bond acceptors (Lipinski definition) is 3. The summed E-state index contributed by atoms with van der Waals surface area (Å²) in [4.78, 5) is 42.5. The van der Waals surface area contributed by atoms with Crippen LogP contribution in [0.3, 0.4) is 0 Å². The number of hydrogen-bond donors (Lipinski definition) is 2. The van der Waals surface area contributed by atoms with Gasteiger partial charge in [0.1, 0.15) is 6.04 Å². The van der Waals surface area contributed by atoms with E-state index in [0.717, 1.165) is 12.0 Å². The monoisotopic (exact) mass is 510 g/mol. The number of amides is 4. The second kappa shape index (κ2) is 12.8. The molecule has 2 aromatic rings. The van der Waals surface area contributed by atoms with Gasteiger partial charge < -0.3 is 20.4 Å². The predicted octanol–water partition coefficient (Wildman–Crippen LogP) is 4.71. The second-order valence-electron chi connectivity index (χ2n) is 9.74. The minimum Gasteiger partial charge on any atom is -0.339 e. The smallest absolute Gasteiger partial charge is 0.319 e. The molecular weight excluding hydrogens is 476 g/mol. The molecule has 1 heterocycles. The number of nitrogens with zero attached hydrogens (tertiary/aromatic N) is 2. The van der Waals surface area contributed by atoms with Gasteiger partial charge in [-0.25, -0.2) is 4.79 Å². The maximum Gasteiger partial charge on any atom is 0.319 e. The molecule has 192 valence electrons. The largest absolute Gasteiger partial charge is 0.339 e. The lowest BCUT2D eigenvalue weighted by Crippen LogP contribution is -2.56. The molecule has 8 heteroatoms. The third-order valence-corrected chi connectivity index (χ3v) is 7.43. The fourth-order valence-corrected chi connectivity index (χ4v) is 5.22. The number of carbonyl (C=O) groups is 3. The van der Waals surface area contributed by atoms with Crippen molar-refractivity contribution in [1.82, 2.24) is 15.1 Å². The van der Waals surface area contributed by atoms with Crippen LogP contribution in [0.1, 0.15) is 44.1 Å². The average molecular weight is 511 g/mol. The van der Waals surface area contributed by atoms with Crippen LogP contribution in [0.5, 0.6) is 0 Å². The van der Waals surface area contributed by atoms with Gasteiger partial charge in [0.15, 0.2) is 0 Å². The summed E-state index contributed by atoms with van der Waals surface area (Å²) in [5.41, 5.74) is 1.55. The Kier molecular flexibility index (Phi) is 9.23. The third kappa shape index (κ3) is 7.47. The van der Waals surface area contributed by atoms with Gasteiger partial charge in [-0.3, -0.25) is 9.59 Å². The molecule has 2 N–H and O–H groups in total. The maximum absolute atomic E-state index is 13.5.